The summed E-state index contributed by atoms with van der Waals surface area (Å²) in [5, 5.41) is 3.08. The van der Waals surface area contributed by atoms with Crippen LogP contribution in [-0.2, 0) is 19.9 Å². The summed E-state index contributed by atoms with van der Waals surface area (Å²) in [6.07, 6.45) is 0. The molecule has 0 aromatic heterocycles. The molecule has 4 aliphatic heterocycles. The molecular weight excluding hydrogens is 526 g/mol. The van der Waals surface area contributed by atoms with Crippen molar-refractivity contribution in [3.8, 4) is 0 Å². The first kappa shape index (κ1) is 21.4. The highest BCUT2D eigenvalue weighted by atomic mass is 79.9. The number of aliphatic imine (C=N–C) groups is 1. The maximum atomic E-state index is 14.2. The van der Waals surface area contributed by atoms with E-state index < -0.39 is 17.0 Å². The number of esters is 1. The van der Waals surface area contributed by atoms with Gasteiger partial charge < -0.3 is 10.1 Å². The van der Waals surface area contributed by atoms with Crippen molar-refractivity contribution in [2.45, 2.75) is 23.0 Å². The van der Waals surface area contributed by atoms with Crippen LogP contribution >= 0.6 is 27.7 Å². The van der Waals surface area contributed by atoms with E-state index in [1.54, 1.807) is 11.8 Å². The third kappa shape index (κ3) is 2.62. The Labute approximate surface area is 214 Å². The maximum absolute atomic E-state index is 14.2. The maximum Gasteiger partial charge on any atom is 0.344 e. The average Bonchev–Trinajstić information content (AvgIpc) is 3.60. The summed E-state index contributed by atoms with van der Waals surface area (Å²) < 4.78 is 6.92. The third-order valence-corrected chi connectivity index (χ3v) is 9.23. The molecular formula is C27H20BrN3O3S. The van der Waals surface area contributed by atoms with E-state index in [2.05, 4.69) is 26.1 Å². The second-order valence-electron chi connectivity index (χ2n) is 9.22. The van der Waals surface area contributed by atoms with Crippen LogP contribution < -0.4 is 5.32 Å². The minimum absolute atomic E-state index is 0.0653. The van der Waals surface area contributed by atoms with Crippen LogP contribution in [0.2, 0.25) is 0 Å². The second kappa shape index (κ2) is 7.53. The highest BCUT2D eigenvalue weighted by molar-refractivity contribution is 9.10. The summed E-state index contributed by atoms with van der Waals surface area (Å²) in [7, 11) is 0. The molecule has 8 heteroatoms. The Hall–Kier alpha value is -2.94. The van der Waals surface area contributed by atoms with Crippen molar-refractivity contribution in [2.75, 3.05) is 16.9 Å². The fraction of sp³-hybridized carbons (Fsp3) is 0.222. The molecule has 0 radical (unpaired) electrons. The van der Waals surface area contributed by atoms with Gasteiger partial charge in [-0.2, -0.15) is 0 Å². The Morgan fingerprint density at radius 3 is 2.54 bits per heavy atom. The van der Waals surface area contributed by atoms with Gasteiger partial charge in [0.15, 0.2) is 5.54 Å². The molecule has 35 heavy (non-hydrogen) atoms. The number of fused-ring (bicyclic) bond motifs is 5. The molecule has 4 atom stereocenters. The first-order valence-electron chi connectivity index (χ1n) is 11.5. The minimum Gasteiger partial charge on any atom is -0.405 e. The van der Waals surface area contributed by atoms with Crippen molar-refractivity contribution in [3.05, 3.63) is 100 Å². The SMILES string of the molecule is O=C1OC(c2ccccc2)=N[C@@]12[C@H](c1ccc(Br)cc1)C1CSCN1[C@]21C(=O)Nc2ccccc21. The Kier molecular flexibility index (Phi) is 4.59. The van der Waals surface area contributed by atoms with E-state index in [1.165, 1.54) is 0 Å². The van der Waals surface area contributed by atoms with Crippen LogP contribution in [0.1, 0.15) is 22.6 Å². The molecule has 0 bridgehead atoms. The van der Waals surface area contributed by atoms with Crippen LogP contribution in [0.3, 0.4) is 0 Å². The number of thioether (sulfide) groups is 1. The molecule has 4 aliphatic rings. The molecule has 2 saturated heterocycles. The van der Waals surface area contributed by atoms with Gasteiger partial charge in [0, 0.05) is 44.9 Å². The van der Waals surface area contributed by atoms with Crippen LogP contribution in [0.25, 0.3) is 0 Å². The fourth-order valence-electron chi connectivity index (χ4n) is 6.36. The first-order valence-corrected chi connectivity index (χ1v) is 13.4. The smallest absolute Gasteiger partial charge is 0.344 e. The summed E-state index contributed by atoms with van der Waals surface area (Å²) in [4.78, 5) is 35.7. The number of cyclic esters (lactones) is 1. The quantitative estimate of drug-likeness (QED) is 0.479. The average molecular weight is 546 g/mol. The second-order valence-corrected chi connectivity index (χ2v) is 11.1. The number of hydrogen-bond acceptors (Lipinski definition) is 6. The number of amides is 1. The van der Waals surface area contributed by atoms with E-state index >= 15 is 0 Å². The summed E-state index contributed by atoms with van der Waals surface area (Å²) >= 11 is 5.31. The van der Waals surface area contributed by atoms with Crippen LogP contribution in [-0.4, -0.2) is 45.9 Å². The van der Waals surface area contributed by atoms with Crippen molar-refractivity contribution < 1.29 is 14.3 Å². The van der Waals surface area contributed by atoms with Gasteiger partial charge in [0.05, 0.1) is 0 Å². The molecule has 0 aliphatic carbocycles. The number of carbonyl (C=O) groups is 2. The molecule has 3 aromatic rings. The Balaban J connectivity index is 1.56. The van der Waals surface area contributed by atoms with Crippen molar-refractivity contribution in [1.82, 2.24) is 4.90 Å². The number of para-hydroxylation sites is 1. The normalized spacial score (nSPS) is 30.9. The number of nitrogens with one attached hydrogen (secondary N) is 1. The van der Waals surface area contributed by atoms with Gasteiger partial charge in [0.1, 0.15) is 0 Å². The zero-order chi connectivity index (χ0) is 23.8. The van der Waals surface area contributed by atoms with Gasteiger partial charge in [-0.1, -0.05) is 64.5 Å². The predicted octanol–water partition coefficient (Wildman–Crippen LogP) is 4.51. The van der Waals surface area contributed by atoms with E-state index in [9.17, 15) is 9.59 Å². The van der Waals surface area contributed by atoms with E-state index in [0.717, 1.165) is 32.6 Å². The molecule has 1 N–H and O–H groups in total. The lowest BCUT2D eigenvalue weighted by Crippen LogP contribution is -2.62. The summed E-state index contributed by atoms with van der Waals surface area (Å²) in [6.45, 7) is 0. The molecule has 2 fully saturated rings. The van der Waals surface area contributed by atoms with Crippen molar-refractivity contribution >= 4 is 51.2 Å². The van der Waals surface area contributed by atoms with Gasteiger partial charge in [0.2, 0.25) is 11.4 Å². The lowest BCUT2D eigenvalue weighted by atomic mass is 9.67. The fourth-order valence-corrected chi connectivity index (χ4v) is 7.93. The number of rotatable bonds is 2. The molecule has 2 spiro atoms. The highest BCUT2D eigenvalue weighted by Gasteiger charge is 2.81. The van der Waals surface area contributed by atoms with Gasteiger partial charge in [0.25, 0.3) is 5.91 Å². The number of hydrogen-bond donors (Lipinski definition) is 1. The molecule has 4 heterocycles. The first-order chi connectivity index (χ1) is 17.1. The van der Waals surface area contributed by atoms with Crippen LogP contribution in [0.5, 0.6) is 0 Å². The largest absolute Gasteiger partial charge is 0.405 e. The standard InChI is InChI=1S/C27H20BrN3O3S/c28-18-12-10-16(11-13-18)22-21-14-35-15-31(21)27(19-8-4-5-9-20(19)29-24(27)32)26(22)25(33)34-23(30-26)17-6-2-1-3-7-17/h1-13,21-22H,14-15H2,(H,29,32)/t21?,22-,26+,27-/m1/s1. The van der Waals surface area contributed by atoms with Crippen LogP contribution in [0, 0.1) is 0 Å². The predicted molar refractivity (Wildman–Crippen MR) is 138 cm³/mol. The molecule has 174 valence electrons. The van der Waals surface area contributed by atoms with Crippen LogP contribution in [0.15, 0.2) is 88.3 Å². The van der Waals surface area contributed by atoms with E-state index in [1.807, 2.05) is 78.9 Å². The number of nitrogens with zero attached hydrogens (tertiary/aromatic N) is 2. The Morgan fingerprint density at radius 1 is 1.00 bits per heavy atom. The summed E-state index contributed by atoms with van der Waals surface area (Å²) in [5.74, 6) is 0.629. The van der Waals surface area contributed by atoms with Crippen molar-refractivity contribution in [3.63, 3.8) is 0 Å². The Morgan fingerprint density at radius 2 is 1.74 bits per heavy atom. The third-order valence-electron chi connectivity index (χ3n) is 7.66. The number of ether oxygens (including phenoxy) is 1. The van der Waals surface area contributed by atoms with E-state index in [0.29, 0.717) is 5.88 Å². The topological polar surface area (TPSA) is 71.0 Å². The van der Waals surface area contributed by atoms with Gasteiger partial charge >= 0.3 is 5.97 Å². The van der Waals surface area contributed by atoms with Gasteiger partial charge in [-0.25, -0.2) is 9.79 Å². The van der Waals surface area contributed by atoms with Crippen molar-refractivity contribution in [1.29, 1.82) is 0 Å². The Bertz CT molecular complexity index is 1410. The summed E-state index contributed by atoms with van der Waals surface area (Å²) in [5.41, 5.74) is 0.426. The number of halogens is 1. The van der Waals surface area contributed by atoms with Crippen LogP contribution in [0.4, 0.5) is 5.69 Å². The molecule has 3 aromatic carbocycles. The zero-order valence-corrected chi connectivity index (χ0v) is 20.9. The number of benzene rings is 3. The highest BCUT2D eigenvalue weighted by Crippen LogP contribution is 2.65. The molecule has 0 saturated carbocycles. The molecule has 7 rings (SSSR count). The molecule has 1 unspecified atom stereocenters. The summed E-state index contributed by atoms with van der Waals surface area (Å²) in [6, 6.07) is 25.0. The van der Waals surface area contributed by atoms with Gasteiger partial charge in [-0.15, -0.1) is 11.8 Å². The van der Waals surface area contributed by atoms with E-state index in [-0.39, 0.29) is 23.8 Å². The number of carbonyl (C=O) groups excluding carboxylic acids is 2. The molecule has 6 nitrogen and oxygen atoms in total. The minimum atomic E-state index is -1.46. The molecule has 1 amide bonds. The van der Waals surface area contributed by atoms with E-state index in [4.69, 9.17) is 9.73 Å². The lowest BCUT2D eigenvalue weighted by molar-refractivity contribution is -0.147. The number of anilines is 1. The van der Waals surface area contributed by atoms with Gasteiger partial charge in [-0.05, 0) is 35.9 Å². The van der Waals surface area contributed by atoms with Crippen molar-refractivity contribution in [2.24, 2.45) is 4.99 Å². The monoisotopic (exact) mass is 545 g/mol. The lowest BCUT2D eigenvalue weighted by Gasteiger charge is -2.40. The zero-order valence-electron chi connectivity index (χ0n) is 18.5. The van der Waals surface area contributed by atoms with Gasteiger partial charge in [-0.3, -0.25) is 9.69 Å².